The first-order valence-electron chi connectivity index (χ1n) is 7.56. The van der Waals surface area contributed by atoms with Crippen LogP contribution in [0.2, 0.25) is 0 Å². The first-order chi connectivity index (χ1) is 10.2. The SMILES string of the molecule is CC(C)NCc1cn(CCc2cccs2)c2ccccc12. The van der Waals surface area contributed by atoms with E-state index in [-0.39, 0.29) is 0 Å². The highest BCUT2D eigenvalue weighted by Gasteiger charge is 2.08. The number of hydrogen-bond donors (Lipinski definition) is 1. The zero-order valence-electron chi connectivity index (χ0n) is 12.7. The molecule has 0 bridgehead atoms. The Balaban J connectivity index is 1.84. The third-order valence-corrected chi connectivity index (χ3v) is 4.69. The molecule has 0 spiro atoms. The van der Waals surface area contributed by atoms with Crippen molar-refractivity contribution in [1.29, 1.82) is 0 Å². The molecule has 0 atom stereocenters. The van der Waals surface area contributed by atoms with Gasteiger partial charge in [-0.3, -0.25) is 0 Å². The van der Waals surface area contributed by atoms with Crippen LogP contribution < -0.4 is 5.32 Å². The van der Waals surface area contributed by atoms with Crippen molar-refractivity contribution in [3.63, 3.8) is 0 Å². The quantitative estimate of drug-likeness (QED) is 0.711. The number of aryl methyl sites for hydroxylation is 2. The topological polar surface area (TPSA) is 17.0 Å². The Morgan fingerprint density at radius 2 is 2.00 bits per heavy atom. The minimum absolute atomic E-state index is 0.512. The molecule has 3 aromatic rings. The molecule has 0 fully saturated rings. The monoisotopic (exact) mass is 298 g/mol. The number of hydrogen-bond acceptors (Lipinski definition) is 2. The van der Waals surface area contributed by atoms with Gasteiger partial charge in [0.05, 0.1) is 0 Å². The normalized spacial score (nSPS) is 11.6. The fraction of sp³-hybridized carbons (Fsp3) is 0.333. The summed E-state index contributed by atoms with van der Waals surface area (Å²) in [7, 11) is 0. The third kappa shape index (κ3) is 3.36. The summed E-state index contributed by atoms with van der Waals surface area (Å²) in [6, 6.07) is 13.6. The lowest BCUT2D eigenvalue weighted by molar-refractivity contribution is 0.588. The van der Waals surface area contributed by atoms with E-state index < -0.39 is 0 Å². The van der Waals surface area contributed by atoms with Gasteiger partial charge in [-0.05, 0) is 29.5 Å². The minimum Gasteiger partial charge on any atom is -0.347 e. The van der Waals surface area contributed by atoms with Crippen molar-refractivity contribution < 1.29 is 0 Å². The Hall–Kier alpha value is -1.58. The molecular weight excluding hydrogens is 276 g/mol. The Morgan fingerprint density at radius 1 is 1.14 bits per heavy atom. The van der Waals surface area contributed by atoms with E-state index in [0.29, 0.717) is 6.04 Å². The highest BCUT2D eigenvalue weighted by molar-refractivity contribution is 7.09. The van der Waals surface area contributed by atoms with Gasteiger partial charge in [-0.15, -0.1) is 11.3 Å². The van der Waals surface area contributed by atoms with Gasteiger partial charge in [0.15, 0.2) is 0 Å². The number of rotatable bonds is 6. The van der Waals surface area contributed by atoms with E-state index in [9.17, 15) is 0 Å². The molecule has 0 amide bonds. The number of nitrogens with zero attached hydrogens (tertiary/aromatic N) is 1. The zero-order valence-corrected chi connectivity index (χ0v) is 13.5. The molecule has 21 heavy (non-hydrogen) atoms. The molecule has 0 unspecified atom stereocenters. The number of nitrogens with one attached hydrogen (secondary N) is 1. The Kier molecular flexibility index (Phi) is 4.42. The van der Waals surface area contributed by atoms with Crippen molar-refractivity contribution in [1.82, 2.24) is 9.88 Å². The van der Waals surface area contributed by atoms with Crippen molar-refractivity contribution in [2.45, 2.75) is 39.4 Å². The second kappa shape index (κ2) is 6.46. The highest BCUT2D eigenvalue weighted by atomic mass is 32.1. The molecule has 0 saturated carbocycles. The summed E-state index contributed by atoms with van der Waals surface area (Å²) in [4.78, 5) is 1.45. The minimum atomic E-state index is 0.512. The second-order valence-electron chi connectivity index (χ2n) is 5.73. The van der Waals surface area contributed by atoms with E-state index in [4.69, 9.17) is 0 Å². The molecule has 110 valence electrons. The van der Waals surface area contributed by atoms with Crippen LogP contribution in [0.25, 0.3) is 10.9 Å². The van der Waals surface area contributed by atoms with Crippen LogP contribution in [0.1, 0.15) is 24.3 Å². The van der Waals surface area contributed by atoms with Gasteiger partial charge in [0.25, 0.3) is 0 Å². The van der Waals surface area contributed by atoms with Gasteiger partial charge in [-0.2, -0.15) is 0 Å². The molecule has 0 radical (unpaired) electrons. The molecular formula is C18H22N2S. The van der Waals surface area contributed by atoms with Gasteiger partial charge in [-0.25, -0.2) is 0 Å². The van der Waals surface area contributed by atoms with Crippen LogP contribution in [-0.2, 0) is 19.5 Å². The van der Waals surface area contributed by atoms with E-state index in [1.807, 2.05) is 11.3 Å². The molecule has 2 nitrogen and oxygen atoms in total. The average molecular weight is 298 g/mol. The molecule has 2 heterocycles. The lowest BCUT2D eigenvalue weighted by Gasteiger charge is -2.06. The van der Waals surface area contributed by atoms with Gasteiger partial charge in [0, 0.05) is 41.1 Å². The van der Waals surface area contributed by atoms with Gasteiger partial charge < -0.3 is 9.88 Å². The molecule has 0 aliphatic carbocycles. The maximum atomic E-state index is 3.53. The van der Waals surface area contributed by atoms with Crippen LogP contribution in [-0.4, -0.2) is 10.6 Å². The number of fused-ring (bicyclic) bond motifs is 1. The summed E-state index contributed by atoms with van der Waals surface area (Å²) in [6.45, 7) is 6.36. The number of benzene rings is 1. The van der Waals surface area contributed by atoms with Gasteiger partial charge in [0.1, 0.15) is 0 Å². The molecule has 2 aromatic heterocycles. The standard InChI is InChI=1S/C18H22N2S/c1-14(2)19-12-15-13-20(10-9-16-6-5-11-21-16)18-8-4-3-7-17(15)18/h3-8,11,13-14,19H,9-10,12H2,1-2H3. The summed E-state index contributed by atoms with van der Waals surface area (Å²) in [6.07, 6.45) is 3.42. The van der Waals surface area contributed by atoms with E-state index in [2.05, 4.69) is 71.7 Å². The number of para-hydroxylation sites is 1. The van der Waals surface area contributed by atoms with Crippen LogP contribution in [0.4, 0.5) is 0 Å². The van der Waals surface area contributed by atoms with Crippen LogP contribution in [0.15, 0.2) is 48.0 Å². The summed E-state index contributed by atoms with van der Waals surface area (Å²) in [5, 5.41) is 7.05. The molecule has 3 rings (SSSR count). The first kappa shape index (κ1) is 14.4. The summed E-state index contributed by atoms with van der Waals surface area (Å²) in [5.41, 5.74) is 2.74. The molecule has 1 N–H and O–H groups in total. The van der Waals surface area contributed by atoms with Gasteiger partial charge >= 0.3 is 0 Å². The Morgan fingerprint density at radius 3 is 2.76 bits per heavy atom. The first-order valence-corrected chi connectivity index (χ1v) is 8.44. The molecule has 3 heteroatoms. The lowest BCUT2D eigenvalue weighted by Crippen LogP contribution is -2.21. The van der Waals surface area contributed by atoms with E-state index >= 15 is 0 Å². The van der Waals surface area contributed by atoms with Crippen LogP contribution in [0.5, 0.6) is 0 Å². The van der Waals surface area contributed by atoms with Gasteiger partial charge in [0.2, 0.25) is 0 Å². The largest absolute Gasteiger partial charge is 0.347 e. The molecule has 1 aromatic carbocycles. The lowest BCUT2D eigenvalue weighted by atomic mass is 10.1. The average Bonchev–Trinajstić information content (AvgIpc) is 3.11. The third-order valence-electron chi connectivity index (χ3n) is 3.75. The van der Waals surface area contributed by atoms with E-state index in [1.54, 1.807) is 0 Å². The number of aromatic nitrogens is 1. The predicted molar refractivity (Wildman–Crippen MR) is 91.9 cm³/mol. The van der Waals surface area contributed by atoms with Crippen LogP contribution >= 0.6 is 11.3 Å². The summed E-state index contributed by atoms with van der Waals surface area (Å²) < 4.78 is 2.40. The van der Waals surface area contributed by atoms with Crippen molar-refractivity contribution in [3.8, 4) is 0 Å². The molecule has 0 aliphatic heterocycles. The maximum Gasteiger partial charge on any atom is 0.0483 e. The highest BCUT2D eigenvalue weighted by Crippen LogP contribution is 2.22. The number of thiophene rings is 1. The van der Waals surface area contributed by atoms with E-state index in [0.717, 1.165) is 19.5 Å². The molecule has 0 aliphatic rings. The Labute approximate surface area is 130 Å². The van der Waals surface area contributed by atoms with Crippen molar-refractivity contribution >= 4 is 22.2 Å². The smallest absolute Gasteiger partial charge is 0.0483 e. The van der Waals surface area contributed by atoms with Crippen molar-refractivity contribution in [3.05, 3.63) is 58.4 Å². The van der Waals surface area contributed by atoms with Crippen molar-refractivity contribution in [2.24, 2.45) is 0 Å². The second-order valence-corrected chi connectivity index (χ2v) is 6.76. The van der Waals surface area contributed by atoms with E-state index in [1.165, 1.54) is 21.3 Å². The fourth-order valence-electron chi connectivity index (χ4n) is 2.65. The zero-order chi connectivity index (χ0) is 14.7. The summed E-state index contributed by atoms with van der Waals surface area (Å²) in [5.74, 6) is 0. The van der Waals surface area contributed by atoms with Gasteiger partial charge in [-0.1, -0.05) is 38.1 Å². The predicted octanol–water partition coefficient (Wildman–Crippen LogP) is 4.44. The fourth-order valence-corrected chi connectivity index (χ4v) is 3.35. The molecule has 0 saturated heterocycles. The Bertz CT molecular complexity index is 695. The van der Waals surface area contributed by atoms with Crippen LogP contribution in [0.3, 0.4) is 0 Å². The maximum absolute atomic E-state index is 3.53. The van der Waals surface area contributed by atoms with Crippen LogP contribution in [0, 0.1) is 0 Å². The summed E-state index contributed by atoms with van der Waals surface area (Å²) >= 11 is 1.84. The van der Waals surface area contributed by atoms with Crippen molar-refractivity contribution in [2.75, 3.05) is 0 Å².